The monoisotopic (exact) mass is 293 g/mol. The third-order valence-corrected chi connectivity index (χ3v) is 2.66. The first-order valence-electron chi connectivity index (χ1n) is 3.06. The maximum Gasteiger partial charge on any atom is 0.435 e. The molecule has 0 saturated carbocycles. The Bertz CT molecular complexity index is 409. The molecule has 1 heterocycles. The molecule has 0 aliphatic carbocycles. The van der Waals surface area contributed by atoms with Gasteiger partial charge in [-0.05, 0) is 18.3 Å². The Morgan fingerprint density at radius 2 is 2.00 bits per heavy atom. The van der Waals surface area contributed by atoms with Gasteiger partial charge in [-0.2, -0.15) is 4.98 Å². The Morgan fingerprint density at radius 3 is 2.50 bits per heavy atom. The van der Waals surface area contributed by atoms with Crippen molar-refractivity contribution in [3.8, 4) is 5.88 Å². The number of thiol groups is 1. The van der Waals surface area contributed by atoms with Crippen LogP contribution in [0.25, 0.3) is 0 Å². The van der Waals surface area contributed by atoms with Crippen LogP contribution in [-0.4, -0.2) is 9.88 Å². The second kappa shape index (κ2) is 4.47. The first kappa shape index (κ1) is 12.4. The van der Waals surface area contributed by atoms with E-state index in [9.17, 15) is 4.57 Å². The van der Waals surface area contributed by atoms with Crippen LogP contribution in [0.5, 0.6) is 5.88 Å². The lowest BCUT2D eigenvalue weighted by Gasteiger charge is -2.08. The molecule has 1 unspecified atom stereocenters. The van der Waals surface area contributed by atoms with Gasteiger partial charge in [0.15, 0.2) is 5.15 Å². The molecule has 78 valence electrons. The average molecular weight is 294 g/mol. The van der Waals surface area contributed by atoms with Gasteiger partial charge in [-0.3, -0.25) is 0 Å². The van der Waals surface area contributed by atoms with Crippen molar-refractivity contribution in [2.45, 2.75) is 0 Å². The molecule has 0 aromatic carbocycles. The molecule has 9 heteroatoms. The molecule has 0 fully saturated rings. The summed E-state index contributed by atoms with van der Waals surface area (Å²) in [6, 6.07) is 1.25. The summed E-state index contributed by atoms with van der Waals surface area (Å²) < 4.78 is 15.2. The second-order valence-electron chi connectivity index (χ2n) is 2.13. The molecule has 1 aromatic heterocycles. The van der Waals surface area contributed by atoms with Gasteiger partial charge in [-0.25, -0.2) is 4.57 Å². The predicted molar refractivity (Wildman–Crippen MR) is 58.7 cm³/mol. The lowest BCUT2D eigenvalue weighted by molar-refractivity contribution is 0.397. The van der Waals surface area contributed by atoms with E-state index in [2.05, 4.69) is 21.8 Å². The molecule has 0 radical (unpaired) electrons. The fourth-order valence-electron chi connectivity index (χ4n) is 0.605. The summed E-state index contributed by atoms with van der Waals surface area (Å²) in [6.07, 6.45) is 0. The van der Waals surface area contributed by atoms with Crippen molar-refractivity contribution in [1.29, 1.82) is 0 Å². The number of nitrogens with zero attached hydrogens (tertiary/aromatic N) is 1. The van der Waals surface area contributed by atoms with E-state index >= 15 is 0 Å². The number of rotatable bonds is 2. The van der Waals surface area contributed by atoms with E-state index in [-0.39, 0.29) is 21.1 Å². The fraction of sp³-hybridized carbons (Fsp3) is 0. The molecule has 0 spiro atoms. The van der Waals surface area contributed by atoms with Crippen LogP contribution >= 0.6 is 53.8 Å². The first-order chi connectivity index (χ1) is 6.29. The average Bonchev–Trinajstić information content (AvgIpc) is 1.97. The Morgan fingerprint density at radius 1 is 1.43 bits per heavy atom. The van der Waals surface area contributed by atoms with Crippen LogP contribution in [0.4, 0.5) is 0 Å². The maximum atomic E-state index is 10.8. The molecule has 4 nitrogen and oxygen atoms in total. The molecule has 0 amide bonds. The van der Waals surface area contributed by atoms with Gasteiger partial charge in [0.05, 0.1) is 5.02 Å². The molecule has 1 N–H and O–H groups in total. The van der Waals surface area contributed by atoms with Gasteiger partial charge >= 0.3 is 6.80 Å². The van der Waals surface area contributed by atoms with Crippen molar-refractivity contribution in [2.75, 3.05) is 0 Å². The summed E-state index contributed by atoms with van der Waals surface area (Å²) in [5.41, 5.74) is 0. The van der Waals surface area contributed by atoms with E-state index in [1.54, 1.807) is 0 Å². The van der Waals surface area contributed by atoms with Crippen LogP contribution in [0.2, 0.25) is 15.2 Å². The molecular formula is C5H3Cl3NO3PS. The zero-order valence-corrected chi connectivity index (χ0v) is 10.4. The van der Waals surface area contributed by atoms with E-state index in [4.69, 9.17) is 39.7 Å². The fourth-order valence-corrected chi connectivity index (χ4v) is 1.78. The number of halogens is 3. The molecule has 0 aliphatic heterocycles. The Kier molecular flexibility index (Phi) is 3.97. The van der Waals surface area contributed by atoms with Crippen molar-refractivity contribution in [2.24, 2.45) is 0 Å². The molecule has 14 heavy (non-hydrogen) atoms. The Labute approximate surface area is 99.8 Å². The lowest BCUT2D eigenvalue weighted by atomic mass is 10.5. The number of hydrogen-bond donors (Lipinski definition) is 2. The first-order valence-corrected chi connectivity index (χ1v) is 6.92. The minimum absolute atomic E-state index is 0.0253. The Balaban J connectivity index is 3.11. The largest absolute Gasteiger partial charge is 0.435 e. The van der Waals surface area contributed by atoms with E-state index in [0.717, 1.165) is 0 Å². The van der Waals surface area contributed by atoms with E-state index in [1.165, 1.54) is 6.07 Å². The third-order valence-electron chi connectivity index (χ3n) is 1.06. The predicted octanol–water partition coefficient (Wildman–Crippen LogP) is 3.45. The SMILES string of the molecule is O=P(O)(S)Oc1nc(Cl)c(Cl)cc1Cl. The van der Waals surface area contributed by atoms with Gasteiger partial charge in [0.1, 0.15) is 5.02 Å². The maximum absolute atomic E-state index is 10.8. The zero-order chi connectivity index (χ0) is 10.9. The van der Waals surface area contributed by atoms with Crippen molar-refractivity contribution in [1.82, 2.24) is 4.98 Å². The van der Waals surface area contributed by atoms with Crippen LogP contribution < -0.4 is 4.52 Å². The minimum atomic E-state index is -4.00. The molecule has 1 rings (SSSR count). The summed E-state index contributed by atoms with van der Waals surface area (Å²) in [5.74, 6) is -0.290. The standard InChI is InChI=1S/C5H3Cl3NO3PS/c6-2-1-3(7)5(9-4(2)8)12-13(10,11)14/h1H,(H2,10,11,14). The van der Waals surface area contributed by atoms with Crippen LogP contribution in [0.15, 0.2) is 6.07 Å². The van der Waals surface area contributed by atoms with Gasteiger partial charge in [0, 0.05) is 0 Å². The summed E-state index contributed by atoms with van der Waals surface area (Å²) in [5, 5.41) is 0.0199. The highest BCUT2D eigenvalue weighted by molar-refractivity contribution is 8.44. The van der Waals surface area contributed by atoms with Gasteiger partial charge in [0.2, 0.25) is 5.88 Å². The molecule has 1 aromatic rings. The molecule has 1 atom stereocenters. The number of aromatic nitrogens is 1. The lowest BCUT2D eigenvalue weighted by Crippen LogP contribution is -1.91. The summed E-state index contributed by atoms with van der Waals surface area (Å²) in [7, 11) is 0. The van der Waals surface area contributed by atoms with Crippen LogP contribution in [-0.2, 0) is 4.57 Å². The summed E-state index contributed by atoms with van der Waals surface area (Å²) in [4.78, 5) is 12.3. The second-order valence-corrected chi connectivity index (χ2v) is 5.98. The number of pyridine rings is 1. The summed E-state index contributed by atoms with van der Waals surface area (Å²) >= 11 is 20.0. The van der Waals surface area contributed by atoms with E-state index in [1.807, 2.05) is 0 Å². The highest BCUT2D eigenvalue weighted by atomic mass is 35.5. The normalized spacial score (nSPS) is 14.9. The van der Waals surface area contributed by atoms with Gasteiger partial charge in [0.25, 0.3) is 0 Å². The van der Waals surface area contributed by atoms with Crippen molar-refractivity contribution >= 4 is 53.8 Å². The van der Waals surface area contributed by atoms with Crippen LogP contribution in [0.3, 0.4) is 0 Å². The quantitative estimate of drug-likeness (QED) is 0.498. The highest BCUT2D eigenvalue weighted by Crippen LogP contribution is 2.48. The van der Waals surface area contributed by atoms with E-state index in [0.29, 0.717) is 0 Å². The van der Waals surface area contributed by atoms with Crippen molar-refractivity contribution < 1.29 is 14.0 Å². The van der Waals surface area contributed by atoms with Crippen molar-refractivity contribution in [3.63, 3.8) is 0 Å². The molecule has 0 saturated heterocycles. The molecule has 0 bridgehead atoms. The van der Waals surface area contributed by atoms with Crippen LogP contribution in [0, 0.1) is 0 Å². The number of hydrogen-bond acceptors (Lipinski definition) is 3. The van der Waals surface area contributed by atoms with Crippen LogP contribution in [0.1, 0.15) is 0 Å². The van der Waals surface area contributed by atoms with Gasteiger partial charge in [-0.1, -0.05) is 34.8 Å². The molecule has 0 aliphatic rings. The van der Waals surface area contributed by atoms with Crippen molar-refractivity contribution in [3.05, 3.63) is 21.3 Å². The Hall–Kier alpha value is 0.360. The molecular weight excluding hydrogens is 291 g/mol. The zero-order valence-electron chi connectivity index (χ0n) is 6.32. The summed E-state index contributed by atoms with van der Waals surface area (Å²) in [6.45, 7) is -4.00. The minimum Gasteiger partial charge on any atom is -0.397 e. The van der Waals surface area contributed by atoms with Gasteiger partial charge in [-0.15, -0.1) is 0 Å². The topological polar surface area (TPSA) is 59.4 Å². The third kappa shape index (κ3) is 3.50. The van der Waals surface area contributed by atoms with Gasteiger partial charge < -0.3 is 9.42 Å². The highest BCUT2D eigenvalue weighted by Gasteiger charge is 2.18. The van der Waals surface area contributed by atoms with E-state index < -0.39 is 6.80 Å². The smallest absolute Gasteiger partial charge is 0.397 e.